The van der Waals surface area contributed by atoms with Crippen LogP contribution in [0.1, 0.15) is 21.7 Å². The molecule has 1 amide bonds. The molecule has 1 aliphatic heterocycles. The van der Waals surface area contributed by atoms with Gasteiger partial charge in [-0.1, -0.05) is 18.2 Å². The Balaban J connectivity index is 1.40. The average molecular weight is 425 g/mol. The van der Waals surface area contributed by atoms with Crippen LogP contribution in [0.2, 0.25) is 0 Å². The Labute approximate surface area is 179 Å². The maximum Gasteiger partial charge on any atom is 0.264 e. The molecule has 3 aromatic rings. The lowest BCUT2D eigenvalue weighted by atomic mass is 10.1. The highest BCUT2D eigenvalue weighted by Crippen LogP contribution is 2.29. The molecule has 2 N–H and O–H groups in total. The van der Waals surface area contributed by atoms with Gasteiger partial charge in [0.2, 0.25) is 0 Å². The Morgan fingerprint density at radius 3 is 2.97 bits per heavy atom. The fraction of sp³-hybridized carbons (Fsp3) is 0.318. The summed E-state index contributed by atoms with van der Waals surface area (Å²) in [5, 5.41) is 13.0. The van der Waals surface area contributed by atoms with Gasteiger partial charge in [0.15, 0.2) is 0 Å². The van der Waals surface area contributed by atoms with Gasteiger partial charge in [-0.25, -0.2) is 9.97 Å². The van der Waals surface area contributed by atoms with Crippen LogP contribution in [0.4, 0.5) is 5.82 Å². The van der Waals surface area contributed by atoms with Crippen molar-refractivity contribution in [1.29, 1.82) is 0 Å². The minimum atomic E-state index is -0.417. The second-order valence-corrected chi connectivity index (χ2v) is 8.22. The van der Waals surface area contributed by atoms with Crippen molar-refractivity contribution in [3.63, 3.8) is 0 Å². The first-order chi connectivity index (χ1) is 14.6. The number of aromatic nitrogens is 2. The maximum absolute atomic E-state index is 12.6. The van der Waals surface area contributed by atoms with Gasteiger partial charge in [-0.2, -0.15) is 0 Å². The number of β-amino-alcohol motifs (C(OH)–C–C–N with tert-alkyl or cyclic N) is 1. The summed E-state index contributed by atoms with van der Waals surface area (Å²) in [5.74, 6) is 1.58. The zero-order valence-electron chi connectivity index (χ0n) is 16.7. The molecule has 2 aromatic heterocycles. The fourth-order valence-electron chi connectivity index (χ4n) is 3.50. The van der Waals surface area contributed by atoms with E-state index in [0.29, 0.717) is 30.9 Å². The molecule has 1 atom stereocenters. The van der Waals surface area contributed by atoms with Crippen molar-refractivity contribution in [1.82, 2.24) is 14.9 Å². The molecule has 1 fully saturated rings. The molecule has 8 heteroatoms. The number of methoxy groups -OCH3 is 1. The van der Waals surface area contributed by atoms with E-state index in [1.165, 1.54) is 17.7 Å². The van der Waals surface area contributed by atoms with Crippen molar-refractivity contribution in [2.75, 3.05) is 32.1 Å². The first-order valence-electron chi connectivity index (χ1n) is 9.89. The molecule has 30 heavy (non-hydrogen) atoms. The van der Waals surface area contributed by atoms with E-state index < -0.39 is 6.10 Å². The zero-order valence-corrected chi connectivity index (χ0v) is 17.6. The molecule has 1 aliphatic rings. The van der Waals surface area contributed by atoms with Gasteiger partial charge >= 0.3 is 0 Å². The number of nitrogens with one attached hydrogen (secondary N) is 1. The van der Waals surface area contributed by atoms with Crippen molar-refractivity contribution >= 4 is 23.1 Å². The number of aliphatic hydroxyl groups is 1. The van der Waals surface area contributed by atoms with Crippen LogP contribution >= 0.6 is 11.3 Å². The number of benzene rings is 1. The van der Waals surface area contributed by atoms with E-state index in [2.05, 4.69) is 21.4 Å². The number of para-hydroxylation sites is 1. The van der Waals surface area contributed by atoms with E-state index >= 15 is 0 Å². The lowest BCUT2D eigenvalue weighted by molar-refractivity contribution is 0.0769. The minimum Gasteiger partial charge on any atom is -0.496 e. The number of rotatable bonds is 7. The van der Waals surface area contributed by atoms with Gasteiger partial charge in [0, 0.05) is 25.7 Å². The smallest absolute Gasteiger partial charge is 0.264 e. The first-order valence-corrected chi connectivity index (χ1v) is 10.7. The van der Waals surface area contributed by atoms with Crippen LogP contribution in [0, 0.1) is 0 Å². The topological polar surface area (TPSA) is 87.6 Å². The number of ether oxygens (including phenoxy) is 1. The molecule has 0 aliphatic carbocycles. The number of nitrogens with zero attached hydrogens (tertiary/aromatic N) is 3. The molecule has 4 rings (SSSR count). The average Bonchev–Trinajstić information content (AvgIpc) is 3.43. The number of aliphatic hydroxyl groups excluding tert-OH is 1. The second kappa shape index (κ2) is 9.23. The Morgan fingerprint density at radius 1 is 1.30 bits per heavy atom. The number of amides is 1. The van der Waals surface area contributed by atoms with Crippen molar-refractivity contribution in [3.8, 4) is 16.3 Å². The number of hydrogen-bond acceptors (Lipinski definition) is 7. The largest absolute Gasteiger partial charge is 0.496 e. The molecular formula is C22H24N4O3S. The highest BCUT2D eigenvalue weighted by atomic mass is 32.1. The van der Waals surface area contributed by atoms with Gasteiger partial charge in [0.25, 0.3) is 5.91 Å². The summed E-state index contributed by atoms with van der Waals surface area (Å²) in [6.45, 7) is 1.71. The van der Waals surface area contributed by atoms with Crippen molar-refractivity contribution in [2.45, 2.75) is 18.9 Å². The van der Waals surface area contributed by atoms with Gasteiger partial charge in [-0.15, -0.1) is 11.3 Å². The molecule has 0 bridgehead atoms. The summed E-state index contributed by atoms with van der Waals surface area (Å²) in [6.07, 6.45) is 2.56. The van der Waals surface area contributed by atoms with Crippen LogP contribution in [0.15, 0.2) is 48.8 Å². The van der Waals surface area contributed by atoms with Crippen LogP contribution in [0.3, 0.4) is 0 Å². The van der Waals surface area contributed by atoms with Gasteiger partial charge in [0.05, 0.1) is 28.7 Å². The third kappa shape index (κ3) is 4.60. The van der Waals surface area contributed by atoms with Crippen LogP contribution in [-0.4, -0.2) is 58.7 Å². The lowest BCUT2D eigenvalue weighted by Gasteiger charge is -2.13. The molecule has 156 valence electrons. The first kappa shape index (κ1) is 20.3. The predicted octanol–water partition coefficient (Wildman–Crippen LogP) is 3.08. The molecule has 0 radical (unpaired) electrons. The predicted molar refractivity (Wildman–Crippen MR) is 117 cm³/mol. The summed E-state index contributed by atoms with van der Waals surface area (Å²) in [4.78, 5) is 24.5. The number of carbonyl (C=O) groups is 1. The van der Waals surface area contributed by atoms with E-state index in [4.69, 9.17) is 4.74 Å². The Bertz CT molecular complexity index is 1020. The van der Waals surface area contributed by atoms with Crippen LogP contribution in [0.5, 0.6) is 5.75 Å². The molecule has 1 unspecified atom stereocenters. The standard InChI is InChI=1S/C22H24N4O3S/c1-29-18-5-3-2-4-15(18)8-10-23-21-12-17(24-14-25-21)19-6-7-20(30-19)22(28)26-11-9-16(27)13-26/h2-7,12,14,16,27H,8-11,13H2,1H3,(H,23,24,25). The zero-order chi connectivity index (χ0) is 20.9. The van der Waals surface area contributed by atoms with Crippen LogP contribution in [0.25, 0.3) is 10.6 Å². The van der Waals surface area contributed by atoms with Crippen molar-refractivity contribution in [2.24, 2.45) is 0 Å². The van der Waals surface area contributed by atoms with Crippen LogP contribution in [-0.2, 0) is 6.42 Å². The Morgan fingerprint density at radius 2 is 2.17 bits per heavy atom. The molecule has 1 saturated heterocycles. The number of hydrogen-bond donors (Lipinski definition) is 2. The van der Waals surface area contributed by atoms with Crippen molar-refractivity contribution < 1.29 is 14.6 Å². The van der Waals surface area contributed by atoms with Gasteiger partial charge < -0.3 is 20.1 Å². The highest BCUT2D eigenvalue weighted by Gasteiger charge is 2.26. The van der Waals surface area contributed by atoms with E-state index in [1.807, 2.05) is 36.4 Å². The number of anilines is 1. The molecule has 7 nitrogen and oxygen atoms in total. The number of carbonyl (C=O) groups excluding carboxylic acids is 1. The van der Waals surface area contributed by atoms with E-state index in [9.17, 15) is 9.90 Å². The molecule has 0 saturated carbocycles. The van der Waals surface area contributed by atoms with Gasteiger partial charge in [-0.05, 0) is 36.6 Å². The fourth-order valence-corrected chi connectivity index (χ4v) is 4.44. The Hall–Kier alpha value is -2.97. The second-order valence-electron chi connectivity index (χ2n) is 7.13. The quantitative estimate of drug-likeness (QED) is 0.606. The van der Waals surface area contributed by atoms with Gasteiger partial charge in [-0.3, -0.25) is 4.79 Å². The monoisotopic (exact) mass is 424 g/mol. The van der Waals surface area contributed by atoms with E-state index in [0.717, 1.165) is 34.1 Å². The Kier molecular flexibility index (Phi) is 6.25. The summed E-state index contributed by atoms with van der Waals surface area (Å²) in [7, 11) is 1.68. The molecular weight excluding hydrogens is 400 g/mol. The third-order valence-corrected chi connectivity index (χ3v) is 6.18. The number of thiophene rings is 1. The normalized spacial score (nSPS) is 15.9. The summed E-state index contributed by atoms with van der Waals surface area (Å²) in [6, 6.07) is 13.6. The highest BCUT2D eigenvalue weighted by molar-refractivity contribution is 7.17. The van der Waals surface area contributed by atoms with E-state index in [1.54, 1.807) is 12.0 Å². The lowest BCUT2D eigenvalue weighted by Crippen LogP contribution is -2.28. The third-order valence-electron chi connectivity index (χ3n) is 5.08. The van der Waals surface area contributed by atoms with Gasteiger partial charge in [0.1, 0.15) is 17.9 Å². The summed E-state index contributed by atoms with van der Waals surface area (Å²) in [5.41, 5.74) is 1.91. The SMILES string of the molecule is COc1ccccc1CCNc1cc(-c2ccc(C(=O)N3CCC(O)C3)s2)ncn1. The van der Waals surface area contributed by atoms with E-state index in [-0.39, 0.29) is 5.91 Å². The molecule has 0 spiro atoms. The minimum absolute atomic E-state index is 0.0352. The van der Waals surface area contributed by atoms with Crippen LogP contribution < -0.4 is 10.1 Å². The summed E-state index contributed by atoms with van der Waals surface area (Å²) < 4.78 is 5.39. The maximum atomic E-state index is 12.6. The van der Waals surface area contributed by atoms with Crippen molar-refractivity contribution in [3.05, 3.63) is 59.2 Å². The number of likely N-dealkylation sites (tertiary alicyclic amines) is 1. The summed E-state index contributed by atoms with van der Waals surface area (Å²) >= 11 is 1.41. The molecule has 3 heterocycles. The molecule has 1 aromatic carbocycles.